The first-order chi connectivity index (χ1) is 17.7. The van der Waals surface area contributed by atoms with Crippen LogP contribution in [0.4, 0.5) is 0 Å². The minimum Gasteiger partial charge on any atom is -0.496 e. The molecule has 0 radical (unpaired) electrons. The van der Waals surface area contributed by atoms with Gasteiger partial charge in [-0.25, -0.2) is 4.79 Å². The molecule has 1 aromatic heterocycles. The summed E-state index contributed by atoms with van der Waals surface area (Å²) in [5, 5.41) is 9.24. The third-order valence-corrected chi connectivity index (χ3v) is 6.66. The Hall–Kier alpha value is -3.50. The van der Waals surface area contributed by atoms with Gasteiger partial charge in [0.05, 0.1) is 14.2 Å². The minimum absolute atomic E-state index is 0.0689. The summed E-state index contributed by atoms with van der Waals surface area (Å²) in [6.45, 7) is 5.93. The van der Waals surface area contributed by atoms with Gasteiger partial charge in [0.15, 0.2) is 0 Å². The van der Waals surface area contributed by atoms with Crippen LogP contribution in [0.1, 0.15) is 43.6 Å². The molecule has 0 bridgehead atoms. The summed E-state index contributed by atoms with van der Waals surface area (Å²) in [6, 6.07) is 5.30. The van der Waals surface area contributed by atoms with Crippen LogP contribution in [0.2, 0.25) is 13.1 Å². The molecule has 10 nitrogen and oxygen atoms in total. The zero-order valence-corrected chi connectivity index (χ0v) is 22.2. The van der Waals surface area contributed by atoms with Crippen molar-refractivity contribution in [3.63, 3.8) is 0 Å². The van der Waals surface area contributed by atoms with E-state index < -0.39 is 35.8 Å². The molecule has 0 spiro atoms. The Bertz CT molecular complexity index is 1130. The molecule has 11 heteroatoms. The molecular formula is C26H37BN4O6. The lowest BCUT2D eigenvalue weighted by atomic mass is 9.74. The number of hydrogen-bond acceptors (Lipinski definition) is 6. The van der Waals surface area contributed by atoms with Crippen LogP contribution in [-0.4, -0.2) is 68.3 Å². The Morgan fingerprint density at radius 3 is 2.57 bits per heavy atom. The summed E-state index contributed by atoms with van der Waals surface area (Å²) in [6.07, 6.45) is 1.96. The lowest BCUT2D eigenvalue weighted by Crippen LogP contribution is -2.53. The van der Waals surface area contributed by atoms with Gasteiger partial charge in [-0.15, -0.1) is 0 Å². The van der Waals surface area contributed by atoms with Crippen molar-refractivity contribution in [1.82, 2.24) is 20.9 Å². The second kappa shape index (κ2) is 12.6. The SMILES string of the molecule is CBCC1C[C@@H](C[C@H](NC(=O)[C@H](CC(C)C)NC(=O)c2cc3c(OC)cccc3[nH]2)C(=O)OC)C(=O)N1. The molecule has 3 amide bonds. The quantitative estimate of drug-likeness (QED) is 0.253. The molecule has 2 heterocycles. The number of carbonyl (C=O) groups is 4. The van der Waals surface area contributed by atoms with Crippen LogP contribution in [0, 0.1) is 11.8 Å². The van der Waals surface area contributed by atoms with E-state index in [-0.39, 0.29) is 30.0 Å². The van der Waals surface area contributed by atoms with E-state index in [4.69, 9.17) is 9.47 Å². The van der Waals surface area contributed by atoms with Crippen LogP contribution < -0.4 is 20.7 Å². The van der Waals surface area contributed by atoms with Crippen molar-refractivity contribution in [2.75, 3.05) is 14.2 Å². The molecule has 37 heavy (non-hydrogen) atoms. The molecule has 1 aliphatic heterocycles. The maximum atomic E-state index is 13.3. The number of amides is 3. The van der Waals surface area contributed by atoms with E-state index >= 15 is 0 Å². The lowest BCUT2D eigenvalue weighted by Gasteiger charge is -2.24. The molecule has 2 aromatic rings. The van der Waals surface area contributed by atoms with Gasteiger partial charge in [0, 0.05) is 22.9 Å². The third-order valence-electron chi connectivity index (χ3n) is 6.66. The first kappa shape index (κ1) is 28.1. The zero-order valence-electron chi connectivity index (χ0n) is 22.2. The number of methoxy groups -OCH3 is 2. The summed E-state index contributed by atoms with van der Waals surface area (Å²) in [7, 11) is 3.74. The Labute approximate surface area is 217 Å². The fourth-order valence-electron chi connectivity index (χ4n) is 4.85. The number of carbonyl (C=O) groups excluding carboxylic acids is 4. The van der Waals surface area contributed by atoms with E-state index in [0.717, 1.165) is 24.5 Å². The van der Waals surface area contributed by atoms with Crippen LogP contribution in [-0.2, 0) is 19.1 Å². The number of fused-ring (bicyclic) bond motifs is 1. The Morgan fingerprint density at radius 1 is 1.16 bits per heavy atom. The number of rotatable bonds is 12. The van der Waals surface area contributed by atoms with E-state index in [1.807, 2.05) is 32.8 Å². The molecule has 1 unspecified atom stereocenters. The standard InChI is InChI=1S/C26H37BN4O6/c1-14(2)9-19(30-25(34)20-12-17-18(29-20)7-6-8-22(17)36-4)24(33)31-21(26(35)37-5)11-15-10-16(13-27-3)28-23(15)32/h6-8,12,14-16,19,21,27,29H,9-11,13H2,1-5H3,(H,28,32)(H,30,34)(H,31,33)/t15-,16?,19-,21-/m0/s1. The maximum absolute atomic E-state index is 13.3. The third kappa shape index (κ3) is 7.05. The van der Waals surface area contributed by atoms with Gasteiger partial charge in [0.2, 0.25) is 11.8 Å². The molecule has 0 aliphatic carbocycles. The second-order valence-electron chi connectivity index (χ2n) is 10.0. The van der Waals surface area contributed by atoms with Crippen molar-refractivity contribution in [2.24, 2.45) is 11.8 Å². The number of benzene rings is 1. The predicted molar refractivity (Wildman–Crippen MR) is 142 cm³/mol. The Kier molecular flexibility index (Phi) is 9.60. The fraction of sp³-hybridized carbons (Fsp3) is 0.538. The summed E-state index contributed by atoms with van der Waals surface area (Å²) in [5.74, 6) is -1.39. The first-order valence-corrected chi connectivity index (χ1v) is 12.8. The molecule has 4 N–H and O–H groups in total. The maximum Gasteiger partial charge on any atom is 0.328 e. The number of aromatic amines is 1. The molecule has 1 aliphatic rings. The number of hydrogen-bond donors (Lipinski definition) is 4. The molecule has 0 saturated carbocycles. The molecule has 200 valence electrons. The Balaban J connectivity index is 1.74. The van der Waals surface area contributed by atoms with Gasteiger partial charge < -0.3 is 30.4 Å². The van der Waals surface area contributed by atoms with Crippen LogP contribution in [0.5, 0.6) is 5.75 Å². The van der Waals surface area contributed by atoms with E-state index in [2.05, 4.69) is 20.9 Å². The smallest absolute Gasteiger partial charge is 0.328 e. The minimum atomic E-state index is -1.00. The average molecular weight is 512 g/mol. The van der Waals surface area contributed by atoms with Crippen molar-refractivity contribution >= 4 is 41.9 Å². The van der Waals surface area contributed by atoms with E-state index in [9.17, 15) is 19.2 Å². The van der Waals surface area contributed by atoms with E-state index in [0.29, 0.717) is 18.6 Å². The largest absolute Gasteiger partial charge is 0.496 e. The number of ether oxygens (including phenoxy) is 2. The predicted octanol–water partition coefficient (Wildman–Crippen LogP) is 1.78. The van der Waals surface area contributed by atoms with Crippen molar-refractivity contribution in [3.05, 3.63) is 30.0 Å². The highest BCUT2D eigenvalue weighted by molar-refractivity contribution is 6.33. The fourth-order valence-corrected chi connectivity index (χ4v) is 4.85. The van der Waals surface area contributed by atoms with Gasteiger partial charge in [-0.05, 0) is 43.4 Å². The van der Waals surface area contributed by atoms with Gasteiger partial charge in [0.25, 0.3) is 5.91 Å². The summed E-state index contributed by atoms with van der Waals surface area (Å²) in [5.41, 5.74) is 1.02. The topological polar surface area (TPSA) is 139 Å². The van der Waals surface area contributed by atoms with E-state index in [1.165, 1.54) is 7.11 Å². The second-order valence-corrected chi connectivity index (χ2v) is 10.0. The highest BCUT2D eigenvalue weighted by Crippen LogP contribution is 2.26. The van der Waals surface area contributed by atoms with Gasteiger partial charge in [-0.2, -0.15) is 0 Å². The number of aromatic nitrogens is 1. The number of nitrogens with one attached hydrogen (secondary N) is 4. The summed E-state index contributed by atoms with van der Waals surface area (Å²) >= 11 is 0. The molecular weight excluding hydrogens is 475 g/mol. The first-order valence-electron chi connectivity index (χ1n) is 12.8. The van der Waals surface area contributed by atoms with Crippen molar-refractivity contribution in [3.8, 4) is 5.75 Å². The molecule has 4 atom stereocenters. The Morgan fingerprint density at radius 2 is 1.92 bits per heavy atom. The van der Waals surface area contributed by atoms with Gasteiger partial charge in [0.1, 0.15) is 30.8 Å². The van der Waals surface area contributed by atoms with Crippen LogP contribution in [0.25, 0.3) is 10.9 Å². The van der Waals surface area contributed by atoms with Crippen molar-refractivity contribution < 1.29 is 28.7 Å². The summed E-state index contributed by atoms with van der Waals surface area (Å²) in [4.78, 5) is 54.4. The zero-order chi connectivity index (χ0) is 27.1. The lowest BCUT2D eigenvalue weighted by molar-refractivity contribution is -0.146. The highest BCUT2D eigenvalue weighted by atomic mass is 16.5. The molecule has 1 fully saturated rings. The van der Waals surface area contributed by atoms with Crippen LogP contribution >= 0.6 is 0 Å². The van der Waals surface area contributed by atoms with Crippen molar-refractivity contribution in [2.45, 2.75) is 64.4 Å². The van der Waals surface area contributed by atoms with E-state index in [1.54, 1.807) is 19.2 Å². The van der Waals surface area contributed by atoms with Crippen LogP contribution in [0.3, 0.4) is 0 Å². The normalized spacial score (nSPS) is 18.7. The molecule has 1 aromatic carbocycles. The average Bonchev–Trinajstić information content (AvgIpc) is 3.45. The highest BCUT2D eigenvalue weighted by Gasteiger charge is 2.37. The molecule has 3 rings (SSSR count). The van der Waals surface area contributed by atoms with Crippen LogP contribution in [0.15, 0.2) is 24.3 Å². The number of esters is 1. The van der Waals surface area contributed by atoms with Gasteiger partial charge in [-0.3, -0.25) is 14.4 Å². The van der Waals surface area contributed by atoms with Gasteiger partial charge in [-0.1, -0.05) is 33.1 Å². The van der Waals surface area contributed by atoms with Crippen molar-refractivity contribution in [1.29, 1.82) is 0 Å². The monoisotopic (exact) mass is 512 g/mol. The summed E-state index contributed by atoms with van der Waals surface area (Å²) < 4.78 is 10.3. The number of H-pyrrole nitrogens is 1. The van der Waals surface area contributed by atoms with Gasteiger partial charge >= 0.3 is 5.97 Å². The molecule has 1 saturated heterocycles.